The second kappa shape index (κ2) is 6.08. The number of aromatic hydroxyl groups is 1. The first-order valence-corrected chi connectivity index (χ1v) is 7.84. The lowest BCUT2D eigenvalue weighted by atomic mass is 9.97. The first kappa shape index (κ1) is 14.3. The third-order valence-electron chi connectivity index (χ3n) is 4.14. The van der Waals surface area contributed by atoms with Crippen LogP contribution in [0, 0.1) is 0 Å². The molecule has 0 aliphatic heterocycles. The van der Waals surface area contributed by atoms with Gasteiger partial charge in [0.15, 0.2) is 0 Å². The number of hydrogen-bond acceptors (Lipinski definition) is 3. The van der Waals surface area contributed by atoms with Gasteiger partial charge < -0.3 is 15.4 Å². The van der Waals surface area contributed by atoms with E-state index in [-0.39, 0.29) is 11.8 Å². The van der Waals surface area contributed by atoms with E-state index < -0.39 is 0 Å². The molecule has 4 rings (SSSR count). The lowest BCUT2D eigenvalue weighted by molar-refractivity contribution is 0.466. The number of H-pyrrole nitrogens is 1. The number of aromatic nitrogens is 2. The average molecular weight is 315 g/mol. The Balaban J connectivity index is 1.86. The third-order valence-corrected chi connectivity index (χ3v) is 4.14. The van der Waals surface area contributed by atoms with Crippen LogP contribution in [0.4, 0.5) is 5.82 Å². The Bertz CT molecular complexity index is 963. The van der Waals surface area contributed by atoms with Gasteiger partial charge in [0.2, 0.25) is 0 Å². The summed E-state index contributed by atoms with van der Waals surface area (Å²) in [6.45, 7) is 0. The Morgan fingerprint density at radius 1 is 0.875 bits per heavy atom. The highest BCUT2D eigenvalue weighted by Crippen LogP contribution is 2.35. The van der Waals surface area contributed by atoms with Crippen LogP contribution in [-0.4, -0.2) is 15.1 Å². The maximum absolute atomic E-state index is 10.4. The van der Waals surface area contributed by atoms with E-state index in [2.05, 4.69) is 21.4 Å². The molecule has 3 N–H and O–H groups in total. The van der Waals surface area contributed by atoms with Crippen molar-refractivity contribution in [2.75, 3.05) is 5.32 Å². The van der Waals surface area contributed by atoms with Gasteiger partial charge in [-0.1, -0.05) is 42.5 Å². The average Bonchev–Trinajstić information content (AvgIpc) is 3.05. The number of aromatic amines is 1. The van der Waals surface area contributed by atoms with E-state index in [0.29, 0.717) is 0 Å². The predicted octanol–water partition coefficient (Wildman–Crippen LogP) is 4.47. The van der Waals surface area contributed by atoms with E-state index in [4.69, 9.17) is 0 Å². The Kier molecular flexibility index (Phi) is 3.63. The van der Waals surface area contributed by atoms with Crippen molar-refractivity contribution in [1.82, 2.24) is 9.97 Å². The normalized spacial score (nSPS) is 12.2. The molecular formula is C20H17N3O. The van der Waals surface area contributed by atoms with Gasteiger partial charge in [-0.2, -0.15) is 0 Å². The predicted molar refractivity (Wildman–Crippen MR) is 96.1 cm³/mol. The molecule has 2 aromatic carbocycles. The van der Waals surface area contributed by atoms with Crippen LogP contribution in [-0.2, 0) is 0 Å². The second-order valence-corrected chi connectivity index (χ2v) is 5.64. The highest BCUT2D eigenvalue weighted by molar-refractivity contribution is 5.84. The molecule has 118 valence electrons. The second-order valence-electron chi connectivity index (χ2n) is 5.64. The smallest absolute Gasteiger partial charge is 0.126 e. The highest BCUT2D eigenvalue weighted by Gasteiger charge is 2.20. The largest absolute Gasteiger partial charge is 0.508 e. The zero-order chi connectivity index (χ0) is 16.4. The van der Waals surface area contributed by atoms with Crippen LogP contribution in [0.2, 0.25) is 0 Å². The van der Waals surface area contributed by atoms with Gasteiger partial charge in [-0.25, -0.2) is 4.98 Å². The number of nitrogens with one attached hydrogen (secondary N) is 2. The van der Waals surface area contributed by atoms with Crippen LogP contribution >= 0.6 is 0 Å². The van der Waals surface area contributed by atoms with Crippen LogP contribution in [0.5, 0.6) is 5.75 Å². The van der Waals surface area contributed by atoms with Gasteiger partial charge >= 0.3 is 0 Å². The van der Waals surface area contributed by atoms with Crippen molar-refractivity contribution >= 4 is 16.7 Å². The Hall–Kier alpha value is -3.27. The van der Waals surface area contributed by atoms with Crippen molar-refractivity contribution in [2.24, 2.45) is 0 Å². The molecule has 1 atom stereocenters. The summed E-state index contributed by atoms with van der Waals surface area (Å²) in [5, 5.41) is 14.9. The fourth-order valence-corrected chi connectivity index (χ4v) is 2.98. The molecule has 4 heteroatoms. The number of phenols is 1. The molecule has 0 aliphatic carbocycles. The van der Waals surface area contributed by atoms with Gasteiger partial charge in [0, 0.05) is 34.4 Å². The maximum Gasteiger partial charge on any atom is 0.126 e. The zero-order valence-electron chi connectivity index (χ0n) is 13.0. The van der Waals surface area contributed by atoms with E-state index >= 15 is 0 Å². The van der Waals surface area contributed by atoms with Crippen molar-refractivity contribution in [3.8, 4) is 5.75 Å². The molecule has 0 spiro atoms. The van der Waals surface area contributed by atoms with E-state index in [1.54, 1.807) is 12.3 Å². The molecular weight excluding hydrogens is 298 g/mol. The van der Waals surface area contributed by atoms with E-state index in [0.717, 1.165) is 27.8 Å². The number of phenolic OH excluding ortho intramolecular Hbond substituents is 1. The fourth-order valence-electron chi connectivity index (χ4n) is 2.98. The fraction of sp³-hybridized carbons (Fsp3) is 0.0500. The number of anilines is 1. The summed E-state index contributed by atoms with van der Waals surface area (Å²) in [5.41, 5.74) is 2.95. The van der Waals surface area contributed by atoms with Crippen molar-refractivity contribution in [1.29, 1.82) is 0 Å². The van der Waals surface area contributed by atoms with Crippen LogP contribution in [0.3, 0.4) is 0 Å². The zero-order valence-corrected chi connectivity index (χ0v) is 13.0. The first-order valence-electron chi connectivity index (χ1n) is 7.84. The van der Waals surface area contributed by atoms with Gasteiger partial charge in [-0.3, -0.25) is 0 Å². The number of rotatable bonds is 4. The number of para-hydroxylation sites is 2. The molecule has 0 amide bonds. The lowest BCUT2D eigenvalue weighted by Crippen LogP contribution is -2.13. The molecule has 2 heterocycles. The Morgan fingerprint density at radius 3 is 2.50 bits per heavy atom. The monoisotopic (exact) mass is 315 g/mol. The van der Waals surface area contributed by atoms with Crippen LogP contribution in [0.15, 0.2) is 79.1 Å². The molecule has 0 aliphatic rings. The van der Waals surface area contributed by atoms with Crippen molar-refractivity contribution < 1.29 is 5.11 Å². The van der Waals surface area contributed by atoms with Crippen LogP contribution in [0.1, 0.15) is 17.2 Å². The number of nitrogens with zero attached hydrogens (tertiary/aromatic N) is 1. The molecule has 4 aromatic rings. The van der Waals surface area contributed by atoms with Gasteiger partial charge in [-0.15, -0.1) is 0 Å². The SMILES string of the molecule is Oc1ccccc1[C@H](Nc1ccccn1)c1c[nH]c2ccccc12. The van der Waals surface area contributed by atoms with Crippen LogP contribution in [0.25, 0.3) is 10.9 Å². The Labute approximate surface area is 139 Å². The van der Waals surface area contributed by atoms with Gasteiger partial charge in [0.05, 0.1) is 6.04 Å². The number of hydrogen-bond donors (Lipinski definition) is 3. The number of fused-ring (bicyclic) bond motifs is 1. The standard InChI is InChI=1S/C20H17N3O/c24-18-10-4-2-8-15(18)20(23-19-11-5-6-12-21-19)16-13-22-17-9-3-1-7-14(16)17/h1-13,20,22,24H,(H,21,23)/t20-/m0/s1. The maximum atomic E-state index is 10.4. The summed E-state index contributed by atoms with van der Waals surface area (Å²) >= 11 is 0. The van der Waals surface area contributed by atoms with Crippen LogP contribution < -0.4 is 5.32 Å². The third kappa shape index (κ3) is 2.58. The van der Waals surface area contributed by atoms with Crippen molar-refractivity contribution in [2.45, 2.75) is 6.04 Å². The lowest BCUT2D eigenvalue weighted by Gasteiger charge is -2.20. The van der Waals surface area contributed by atoms with Crippen molar-refractivity contribution in [3.63, 3.8) is 0 Å². The summed E-state index contributed by atoms with van der Waals surface area (Å²) in [5.74, 6) is 1.02. The quantitative estimate of drug-likeness (QED) is 0.521. The summed E-state index contributed by atoms with van der Waals surface area (Å²) < 4.78 is 0. The number of benzene rings is 2. The summed E-state index contributed by atoms with van der Waals surface area (Å²) in [4.78, 5) is 7.66. The minimum absolute atomic E-state index is 0.211. The molecule has 0 fully saturated rings. The summed E-state index contributed by atoms with van der Waals surface area (Å²) in [7, 11) is 0. The molecule has 0 saturated carbocycles. The van der Waals surface area contributed by atoms with Gasteiger partial charge in [0.25, 0.3) is 0 Å². The number of pyridine rings is 1. The molecule has 0 bridgehead atoms. The van der Waals surface area contributed by atoms with Crippen molar-refractivity contribution in [3.05, 3.63) is 90.3 Å². The molecule has 4 nitrogen and oxygen atoms in total. The first-order chi connectivity index (χ1) is 11.8. The molecule has 0 unspecified atom stereocenters. The topological polar surface area (TPSA) is 60.9 Å². The van der Waals surface area contributed by atoms with E-state index in [9.17, 15) is 5.11 Å². The van der Waals surface area contributed by atoms with Gasteiger partial charge in [0.1, 0.15) is 11.6 Å². The van der Waals surface area contributed by atoms with E-state index in [1.807, 2.05) is 60.8 Å². The summed E-state index contributed by atoms with van der Waals surface area (Å²) in [6, 6.07) is 21.1. The Morgan fingerprint density at radius 2 is 1.67 bits per heavy atom. The van der Waals surface area contributed by atoms with Gasteiger partial charge in [-0.05, 0) is 24.3 Å². The highest BCUT2D eigenvalue weighted by atomic mass is 16.3. The molecule has 2 aromatic heterocycles. The summed E-state index contributed by atoms with van der Waals surface area (Å²) in [6.07, 6.45) is 3.73. The molecule has 24 heavy (non-hydrogen) atoms. The molecule has 0 radical (unpaired) electrons. The molecule has 0 saturated heterocycles. The minimum atomic E-state index is -0.211. The van der Waals surface area contributed by atoms with E-state index in [1.165, 1.54) is 0 Å². The minimum Gasteiger partial charge on any atom is -0.508 e.